The van der Waals surface area contributed by atoms with Crippen LogP contribution in [0.3, 0.4) is 0 Å². The van der Waals surface area contributed by atoms with Crippen molar-refractivity contribution in [3.05, 3.63) is 34.1 Å². The molecule has 0 unspecified atom stereocenters. The molecular weight excluding hydrogens is 411 g/mol. The summed E-state index contributed by atoms with van der Waals surface area (Å²) < 4.78 is 73.1. The van der Waals surface area contributed by atoms with Crippen LogP contribution in [-0.2, 0) is 6.18 Å². The number of nitrogens with one attached hydrogen (secondary N) is 3. The number of hydrogen-bond donors (Lipinski definition) is 3. The van der Waals surface area contributed by atoms with Gasteiger partial charge in [-0.15, -0.1) is 17.5 Å². The van der Waals surface area contributed by atoms with Crippen molar-refractivity contribution in [2.45, 2.75) is 31.7 Å². The molecule has 1 fully saturated rings. The van der Waals surface area contributed by atoms with Crippen molar-refractivity contribution < 1.29 is 26.4 Å². The first-order valence-corrected chi connectivity index (χ1v) is 8.24. The molecule has 0 bridgehead atoms. The van der Waals surface area contributed by atoms with Crippen LogP contribution in [0.4, 0.5) is 27.6 Å². The molecule has 3 rings (SSSR count). The average Bonchev–Trinajstić information content (AvgIpc) is 3.00. The van der Waals surface area contributed by atoms with Gasteiger partial charge in [0.05, 0.1) is 5.69 Å². The summed E-state index contributed by atoms with van der Waals surface area (Å²) in [5.41, 5.74) is -2.22. The fourth-order valence-corrected chi connectivity index (χ4v) is 3.24. The van der Waals surface area contributed by atoms with Gasteiger partial charge in [-0.3, -0.25) is 0 Å². The van der Waals surface area contributed by atoms with Gasteiger partial charge in [-0.2, -0.15) is 13.2 Å². The number of H-pyrrole nitrogens is 1. The number of aromatic nitrogens is 2. The van der Waals surface area contributed by atoms with Crippen LogP contribution in [0, 0.1) is 11.7 Å². The molecule has 1 aromatic carbocycles. The minimum atomic E-state index is -4.97. The van der Waals surface area contributed by atoms with E-state index < -0.39 is 47.1 Å². The predicted molar refractivity (Wildman–Crippen MR) is 93.7 cm³/mol. The van der Waals surface area contributed by atoms with E-state index in [4.69, 9.17) is 0 Å². The molecule has 0 amide bonds. The van der Waals surface area contributed by atoms with E-state index in [0.29, 0.717) is 19.0 Å². The molecule has 2 aromatic rings. The van der Waals surface area contributed by atoms with E-state index >= 15 is 0 Å². The zero-order chi connectivity index (χ0) is 19.8. The second kappa shape index (κ2) is 8.48. The Bertz CT molecular complexity index is 869. The Morgan fingerprint density at radius 3 is 2.64 bits per heavy atom. The van der Waals surface area contributed by atoms with Gasteiger partial charge in [0, 0.05) is 24.1 Å². The Balaban J connectivity index is 0.00000280. The van der Waals surface area contributed by atoms with E-state index in [9.17, 15) is 26.7 Å². The largest absolute Gasteiger partial charge is 0.434 e. The summed E-state index contributed by atoms with van der Waals surface area (Å²) in [6.07, 6.45) is -5.79. The second-order valence-corrected chi connectivity index (χ2v) is 6.40. The highest BCUT2D eigenvalue weighted by Gasteiger charge is 2.39. The number of rotatable bonds is 4. The van der Waals surface area contributed by atoms with Gasteiger partial charge in [0.15, 0.2) is 0 Å². The normalized spacial score (nSPS) is 21.1. The first kappa shape index (κ1) is 22.2. The topological polar surface area (TPSA) is 83.0 Å². The number of hydrogen-bond acceptors (Lipinski definition) is 5. The smallest absolute Gasteiger partial charge is 0.388 e. The van der Waals surface area contributed by atoms with Gasteiger partial charge in [0.1, 0.15) is 17.6 Å². The van der Waals surface area contributed by atoms with Crippen LogP contribution in [0.5, 0.6) is 0 Å². The third-order valence-corrected chi connectivity index (χ3v) is 4.54. The monoisotopic (exact) mass is 428 g/mol. The number of halogens is 6. The highest BCUT2D eigenvalue weighted by Crippen LogP contribution is 2.40. The Morgan fingerprint density at radius 2 is 2.07 bits per heavy atom. The summed E-state index contributed by atoms with van der Waals surface area (Å²) in [4.78, 5) is 11.1. The number of nitrogens with zero attached hydrogens (tertiary/aromatic N) is 1. The maximum Gasteiger partial charge on any atom is 0.434 e. The van der Waals surface area contributed by atoms with Crippen LogP contribution in [0.2, 0.25) is 0 Å². The van der Waals surface area contributed by atoms with Crippen molar-refractivity contribution >= 4 is 18.1 Å². The van der Waals surface area contributed by atoms with Crippen molar-refractivity contribution in [2.75, 3.05) is 18.4 Å². The Labute approximate surface area is 162 Å². The molecule has 1 aliphatic heterocycles. The minimum absolute atomic E-state index is 0. The molecule has 156 valence electrons. The van der Waals surface area contributed by atoms with E-state index in [2.05, 4.69) is 20.1 Å². The first-order valence-electron chi connectivity index (χ1n) is 8.24. The molecule has 0 aliphatic carbocycles. The molecule has 1 saturated heterocycles. The van der Waals surface area contributed by atoms with Gasteiger partial charge < -0.3 is 15.1 Å². The summed E-state index contributed by atoms with van der Waals surface area (Å²) in [5.74, 6) is -3.37. The lowest BCUT2D eigenvalue weighted by Crippen LogP contribution is -2.44. The molecule has 0 radical (unpaired) electrons. The minimum Gasteiger partial charge on any atom is -0.388 e. The number of alkyl halides is 4. The lowest BCUT2D eigenvalue weighted by molar-refractivity contribution is -0.139. The molecule has 0 spiro atoms. The van der Waals surface area contributed by atoms with Gasteiger partial charge in [-0.25, -0.2) is 18.7 Å². The van der Waals surface area contributed by atoms with Crippen LogP contribution in [0.25, 0.3) is 11.5 Å². The molecule has 3 atom stereocenters. The second-order valence-electron chi connectivity index (χ2n) is 6.40. The average molecular weight is 429 g/mol. The third kappa shape index (κ3) is 4.64. The van der Waals surface area contributed by atoms with Crippen molar-refractivity contribution in [3.63, 3.8) is 0 Å². The van der Waals surface area contributed by atoms with E-state index in [-0.39, 0.29) is 30.4 Å². The van der Waals surface area contributed by atoms with Crippen molar-refractivity contribution in [3.8, 4) is 11.5 Å². The van der Waals surface area contributed by atoms with Gasteiger partial charge in [0.2, 0.25) is 5.89 Å². The van der Waals surface area contributed by atoms with Crippen LogP contribution in [-0.4, -0.2) is 35.5 Å². The highest BCUT2D eigenvalue weighted by atomic mass is 35.5. The number of aromatic amines is 1. The van der Waals surface area contributed by atoms with Gasteiger partial charge in [0.25, 0.3) is 0 Å². The maximum absolute atomic E-state index is 14.3. The lowest BCUT2D eigenvalue weighted by atomic mass is 9.89. The zero-order valence-electron chi connectivity index (χ0n) is 14.6. The van der Waals surface area contributed by atoms with Gasteiger partial charge in [-0.05, 0) is 32.0 Å². The summed E-state index contributed by atoms with van der Waals surface area (Å²) in [6.45, 7) is 2.19. The van der Waals surface area contributed by atoms with Crippen molar-refractivity contribution in [2.24, 2.45) is 5.92 Å². The molecule has 1 aromatic heterocycles. The number of piperidine rings is 1. The van der Waals surface area contributed by atoms with Crippen molar-refractivity contribution in [1.29, 1.82) is 0 Å². The summed E-state index contributed by atoms with van der Waals surface area (Å²) in [6, 6.07) is 0.875. The number of benzene rings is 1. The SMILES string of the molecule is C[C@H](Nc1cc(-c2n[nH]c(=O)o2)cc(F)c1C(F)(F)F)[C@H]1CCNC[C@H]1F.Cl. The predicted octanol–water partition coefficient (Wildman–Crippen LogP) is 3.36. The van der Waals surface area contributed by atoms with Crippen LogP contribution < -0.4 is 16.4 Å². The fraction of sp³-hybridized carbons (Fsp3) is 0.500. The van der Waals surface area contributed by atoms with E-state index in [0.717, 1.165) is 6.07 Å². The molecule has 0 saturated carbocycles. The van der Waals surface area contributed by atoms with Crippen LogP contribution in [0.15, 0.2) is 21.3 Å². The molecule has 1 aliphatic rings. The highest BCUT2D eigenvalue weighted by molar-refractivity contribution is 5.85. The van der Waals surface area contributed by atoms with E-state index in [1.54, 1.807) is 6.92 Å². The molecule has 3 N–H and O–H groups in total. The van der Waals surface area contributed by atoms with Crippen molar-refractivity contribution in [1.82, 2.24) is 15.5 Å². The van der Waals surface area contributed by atoms with E-state index in [1.807, 2.05) is 5.10 Å². The standard InChI is InChI=1S/C16H17F5N4O2.ClH/c1-7(9-2-3-22-6-11(9)18)23-12-5-8(14-24-25-15(26)27-14)4-10(17)13(12)16(19,20)21;/h4-5,7,9,11,22-23H,2-3,6H2,1H3,(H,25,26);1H/t7-,9+,11+;/m0./s1. The zero-order valence-corrected chi connectivity index (χ0v) is 15.4. The van der Waals surface area contributed by atoms with Gasteiger partial charge in [-0.1, -0.05) is 0 Å². The summed E-state index contributed by atoms with van der Waals surface area (Å²) >= 11 is 0. The van der Waals surface area contributed by atoms with Crippen LogP contribution in [0.1, 0.15) is 18.9 Å². The quantitative estimate of drug-likeness (QED) is 0.650. The Morgan fingerprint density at radius 1 is 1.36 bits per heavy atom. The summed E-state index contributed by atoms with van der Waals surface area (Å²) in [7, 11) is 0. The summed E-state index contributed by atoms with van der Waals surface area (Å²) in [5, 5.41) is 10.9. The van der Waals surface area contributed by atoms with E-state index in [1.165, 1.54) is 0 Å². The molecule has 2 heterocycles. The van der Waals surface area contributed by atoms with Gasteiger partial charge >= 0.3 is 11.9 Å². The fourth-order valence-electron chi connectivity index (χ4n) is 3.24. The Kier molecular flexibility index (Phi) is 6.71. The lowest BCUT2D eigenvalue weighted by Gasteiger charge is -2.33. The molecule has 28 heavy (non-hydrogen) atoms. The maximum atomic E-state index is 14.3. The van der Waals surface area contributed by atoms with Crippen LogP contribution >= 0.6 is 12.4 Å². The molecule has 6 nitrogen and oxygen atoms in total. The number of anilines is 1. The third-order valence-electron chi connectivity index (χ3n) is 4.54. The Hall–Kier alpha value is -2.14. The first-order chi connectivity index (χ1) is 12.7. The molecular formula is C16H18ClF5N4O2. The molecule has 12 heteroatoms.